The van der Waals surface area contributed by atoms with Crippen LogP contribution in [0.4, 0.5) is 119 Å². The first-order chi connectivity index (χ1) is 35.6. The molecule has 0 spiro atoms. The molecule has 0 N–H and O–H groups in total. The molecule has 0 aliphatic carbocycles. The minimum Gasteiger partial charge on any atom is -0.368 e. The van der Waals surface area contributed by atoms with Crippen LogP contribution in [-0.4, -0.2) is 29.2 Å². The third-order valence-electron chi connectivity index (χ3n) is 11.0. The fraction of sp³-hybridized carbons (Fsp3) is 0.217. The average molecular weight is 1170 g/mol. The van der Waals surface area contributed by atoms with E-state index in [1.165, 1.54) is 10.8 Å². The highest BCUT2D eigenvalue weighted by Gasteiger charge is 2.47. The summed E-state index contributed by atoms with van der Waals surface area (Å²) < 4.78 is 381. The number of ether oxygens (including phenoxy) is 1. The normalized spacial score (nSPS) is 13.4. The predicted octanol–water partition coefficient (Wildman–Crippen LogP) is 13.1. The molecule has 0 bridgehead atoms. The summed E-state index contributed by atoms with van der Waals surface area (Å²) in [5, 5.41) is 0. The summed E-state index contributed by atoms with van der Waals surface area (Å²) in [7, 11) is 0. The standard InChI is InChI=1S/C32H12BF24.C14H10F3N2O3/c34-25(35,36)13-1-14(26(37,38)39)6-21(5-13)33(22-7-15(27(40,41)42)2-16(8-22)28(43,44)45,23-9-17(29(46,47)48)3-18(10-23)30(49,50)51)24-11-19(31(52,53)54)4-20(12-24)32(55,56)57;15-14(16,17)22-13(21)11-8-19(7-6-18-11)9-12(20)10-4-2-1-3-5-10/h1-12H;1-8H,9H2/q-1;+1. The zero-order chi connectivity index (χ0) is 60.1. The second kappa shape index (κ2) is 21.3. The lowest BCUT2D eigenvalue weighted by Crippen LogP contribution is -2.75. The van der Waals surface area contributed by atoms with Crippen molar-refractivity contribution in [3.05, 3.63) is 177 Å². The number of hydrogen-bond donors (Lipinski definition) is 0. The molecule has 33 heteroatoms. The molecule has 0 radical (unpaired) electrons. The summed E-state index contributed by atoms with van der Waals surface area (Å²) in [6.07, 6.45) is -56.4. The van der Waals surface area contributed by atoms with Gasteiger partial charge in [0.05, 0.1) is 50.7 Å². The lowest BCUT2D eigenvalue weighted by atomic mass is 9.12. The Morgan fingerprint density at radius 3 is 0.911 bits per heavy atom. The van der Waals surface area contributed by atoms with Crippen molar-refractivity contribution in [1.29, 1.82) is 0 Å². The van der Waals surface area contributed by atoms with Crippen LogP contribution in [0.15, 0.2) is 122 Å². The van der Waals surface area contributed by atoms with Gasteiger partial charge in [-0.1, -0.05) is 78.9 Å². The van der Waals surface area contributed by atoms with Crippen molar-refractivity contribution in [2.75, 3.05) is 0 Å². The van der Waals surface area contributed by atoms with E-state index in [1.54, 1.807) is 30.3 Å². The Labute approximate surface area is 421 Å². The molecule has 0 fully saturated rings. The van der Waals surface area contributed by atoms with Crippen LogP contribution < -0.4 is 26.4 Å². The molecule has 0 atom stereocenters. The number of carbonyl (C=O) groups is 2. The van der Waals surface area contributed by atoms with Crippen LogP contribution in [0, 0.1) is 0 Å². The van der Waals surface area contributed by atoms with Crippen LogP contribution in [0.25, 0.3) is 0 Å². The van der Waals surface area contributed by atoms with E-state index in [0.717, 1.165) is 12.4 Å². The Balaban J connectivity index is 0.000000433. The van der Waals surface area contributed by atoms with E-state index >= 15 is 0 Å². The molecular weight excluding hydrogens is 1150 g/mol. The van der Waals surface area contributed by atoms with Gasteiger partial charge in [-0.2, -0.15) is 132 Å². The smallest absolute Gasteiger partial charge is 0.368 e. The summed E-state index contributed by atoms with van der Waals surface area (Å²) in [6, 6.07) is -0.449. The highest BCUT2D eigenvalue weighted by molar-refractivity contribution is 7.20. The fourth-order valence-corrected chi connectivity index (χ4v) is 7.75. The minimum absolute atomic E-state index is 0.140. The first-order valence-corrected chi connectivity index (χ1v) is 20.7. The van der Waals surface area contributed by atoms with Gasteiger partial charge in [-0.3, -0.25) is 4.79 Å². The van der Waals surface area contributed by atoms with Gasteiger partial charge in [0.25, 0.3) is 0 Å². The molecule has 0 unspecified atom stereocenters. The van der Waals surface area contributed by atoms with E-state index in [-0.39, 0.29) is 12.3 Å². The number of rotatable bonds is 8. The summed E-state index contributed by atoms with van der Waals surface area (Å²) in [6.45, 7) is -0.140. The summed E-state index contributed by atoms with van der Waals surface area (Å²) in [5.74, 6) is -1.89. The van der Waals surface area contributed by atoms with E-state index in [9.17, 15) is 128 Å². The van der Waals surface area contributed by atoms with Crippen molar-refractivity contribution in [3.63, 3.8) is 0 Å². The number of hydrogen-bond acceptors (Lipinski definition) is 4. The zero-order valence-corrected chi connectivity index (χ0v) is 37.7. The maximum absolute atomic E-state index is 14.2. The maximum atomic E-state index is 14.2. The number of esters is 1. The lowest BCUT2D eigenvalue weighted by Gasteiger charge is -2.46. The van der Waals surface area contributed by atoms with Gasteiger partial charge in [-0.25, -0.2) is 9.78 Å². The molecule has 6 rings (SSSR count). The average Bonchev–Trinajstić information content (AvgIpc) is 3.31. The van der Waals surface area contributed by atoms with E-state index in [0.29, 0.717) is 5.56 Å². The second-order valence-corrected chi connectivity index (χ2v) is 16.5. The molecular formula is C46H22BF27N2O3. The van der Waals surface area contributed by atoms with Crippen molar-refractivity contribution in [1.82, 2.24) is 4.98 Å². The van der Waals surface area contributed by atoms with Crippen molar-refractivity contribution in [2.45, 2.75) is 62.3 Å². The van der Waals surface area contributed by atoms with E-state index in [4.69, 9.17) is 0 Å². The third-order valence-corrected chi connectivity index (χ3v) is 11.0. The Bertz CT molecular complexity index is 2760. The van der Waals surface area contributed by atoms with Crippen LogP contribution in [0.2, 0.25) is 0 Å². The molecule has 5 aromatic carbocycles. The van der Waals surface area contributed by atoms with Gasteiger partial charge in [-0.05, 0) is 24.3 Å². The fourth-order valence-electron chi connectivity index (χ4n) is 7.75. The molecule has 0 aliphatic heterocycles. The Kier molecular flexibility index (Phi) is 16.8. The van der Waals surface area contributed by atoms with Gasteiger partial charge < -0.3 is 4.74 Å². The van der Waals surface area contributed by atoms with E-state index in [1.807, 2.05) is 0 Å². The molecule has 6 aromatic rings. The van der Waals surface area contributed by atoms with E-state index in [2.05, 4.69) is 9.72 Å². The molecule has 0 saturated carbocycles. The van der Waals surface area contributed by atoms with Crippen LogP contribution in [-0.2, 0) is 60.7 Å². The highest BCUT2D eigenvalue weighted by atomic mass is 19.4. The first-order valence-electron chi connectivity index (χ1n) is 20.7. The van der Waals surface area contributed by atoms with Crippen LogP contribution in [0.1, 0.15) is 65.4 Å². The number of nitrogens with zero attached hydrogens (tertiary/aromatic N) is 2. The zero-order valence-electron chi connectivity index (χ0n) is 37.7. The second-order valence-electron chi connectivity index (χ2n) is 16.5. The topological polar surface area (TPSA) is 60.1 Å². The quantitative estimate of drug-likeness (QED) is 0.0501. The van der Waals surface area contributed by atoms with Crippen molar-refractivity contribution >= 4 is 39.7 Å². The SMILES string of the molecule is FC(F)(F)c1cc([B-](c2cc(C(F)(F)F)cc(C(F)(F)F)c2)(c2cc(C(F)(F)F)cc(C(F)(F)F)c2)c2cc(C(F)(F)F)cc(C(F)(F)F)c2)cc(C(F)(F)F)c1.O=C(C[n+]1ccnc(C(=O)OC(F)(F)F)c1)c1ccccc1. The Morgan fingerprint density at radius 1 is 0.405 bits per heavy atom. The lowest BCUT2D eigenvalue weighted by molar-refractivity contribution is -0.683. The Morgan fingerprint density at radius 2 is 0.671 bits per heavy atom. The largest absolute Gasteiger partial charge is 0.575 e. The van der Waals surface area contributed by atoms with Gasteiger partial charge in [0.15, 0.2) is 6.20 Å². The number of ketones is 1. The summed E-state index contributed by atoms with van der Waals surface area (Å²) in [5.41, 5.74) is -30.3. The Hall–Kier alpha value is -7.51. The van der Waals surface area contributed by atoms with E-state index < -0.39 is 213 Å². The number of alkyl halides is 27. The highest BCUT2D eigenvalue weighted by Crippen LogP contribution is 2.41. The number of aromatic nitrogens is 2. The van der Waals surface area contributed by atoms with Crippen molar-refractivity contribution in [2.24, 2.45) is 0 Å². The van der Waals surface area contributed by atoms with Crippen LogP contribution in [0.5, 0.6) is 0 Å². The molecule has 5 nitrogen and oxygen atoms in total. The van der Waals surface area contributed by atoms with Gasteiger partial charge in [0.1, 0.15) is 6.15 Å². The number of halogens is 27. The van der Waals surface area contributed by atoms with Crippen molar-refractivity contribution in [3.8, 4) is 0 Å². The van der Waals surface area contributed by atoms with Crippen molar-refractivity contribution < 1.29 is 137 Å². The first kappa shape index (κ1) is 62.3. The van der Waals surface area contributed by atoms with Crippen LogP contribution >= 0.6 is 0 Å². The monoisotopic (exact) mass is 1170 g/mol. The summed E-state index contributed by atoms with van der Waals surface area (Å²) >= 11 is 0. The third kappa shape index (κ3) is 15.2. The molecule has 1 aromatic heterocycles. The maximum Gasteiger partial charge on any atom is 0.575 e. The number of carbonyl (C=O) groups excluding carboxylic acids is 2. The molecule has 0 saturated heterocycles. The predicted molar refractivity (Wildman–Crippen MR) is 217 cm³/mol. The van der Waals surface area contributed by atoms with Crippen LogP contribution in [0.3, 0.4) is 0 Å². The van der Waals surface area contributed by atoms with Gasteiger partial charge in [0.2, 0.25) is 24.2 Å². The molecule has 426 valence electrons. The molecule has 0 aliphatic rings. The molecule has 79 heavy (non-hydrogen) atoms. The number of Topliss-reactive ketones (excluding diaryl/α,β-unsaturated/α-hetero) is 1. The van der Waals surface area contributed by atoms with Gasteiger partial charge in [-0.15, -0.1) is 13.2 Å². The van der Waals surface area contributed by atoms with Gasteiger partial charge >= 0.3 is 61.7 Å². The summed E-state index contributed by atoms with van der Waals surface area (Å²) in [4.78, 5) is 26.7. The molecule has 0 amide bonds. The van der Waals surface area contributed by atoms with Gasteiger partial charge in [0, 0.05) is 5.56 Å². The minimum atomic E-state index is -6.13. The molecule has 1 heterocycles. The number of benzene rings is 5.